The number of H-pyrrole nitrogens is 1. The minimum Gasteiger partial charge on any atom is -0.467 e. The molecule has 1 unspecified atom stereocenters. The van der Waals surface area contributed by atoms with Crippen LogP contribution in [0.2, 0.25) is 0 Å². The van der Waals surface area contributed by atoms with E-state index in [1.807, 2.05) is 6.07 Å². The van der Waals surface area contributed by atoms with Gasteiger partial charge in [0.2, 0.25) is 0 Å². The van der Waals surface area contributed by atoms with Crippen LogP contribution in [0.1, 0.15) is 34.2 Å². The van der Waals surface area contributed by atoms with Crippen molar-refractivity contribution in [1.82, 2.24) is 15.5 Å². The summed E-state index contributed by atoms with van der Waals surface area (Å²) in [5.74, 6) is 0.807. The quantitative estimate of drug-likeness (QED) is 0.872. The predicted molar refractivity (Wildman–Crippen MR) is 66.6 cm³/mol. The zero-order chi connectivity index (χ0) is 13.1. The normalized spacial score (nSPS) is 18.6. The minimum atomic E-state index is -0.146. The van der Waals surface area contributed by atoms with Gasteiger partial charge in [0.05, 0.1) is 36.9 Å². The molecule has 6 heteroatoms. The smallest absolute Gasteiger partial charge is 0.255 e. The molecule has 0 aliphatic carbocycles. The molecule has 1 saturated heterocycles. The highest BCUT2D eigenvalue weighted by Gasteiger charge is 2.25. The second-order valence-electron chi connectivity index (χ2n) is 4.52. The van der Waals surface area contributed by atoms with Crippen LogP contribution in [-0.4, -0.2) is 29.3 Å². The first-order chi connectivity index (χ1) is 9.34. The second kappa shape index (κ2) is 5.27. The van der Waals surface area contributed by atoms with Crippen molar-refractivity contribution in [2.24, 2.45) is 0 Å². The maximum atomic E-state index is 12.1. The summed E-state index contributed by atoms with van der Waals surface area (Å²) in [4.78, 5) is 12.1. The lowest BCUT2D eigenvalue weighted by atomic mass is 10.0. The van der Waals surface area contributed by atoms with Crippen LogP contribution in [-0.2, 0) is 11.3 Å². The number of rotatable bonds is 4. The van der Waals surface area contributed by atoms with E-state index in [0.29, 0.717) is 18.7 Å². The Morgan fingerprint density at radius 1 is 1.58 bits per heavy atom. The van der Waals surface area contributed by atoms with Crippen molar-refractivity contribution in [3.63, 3.8) is 0 Å². The molecule has 3 rings (SSSR count). The van der Waals surface area contributed by atoms with Gasteiger partial charge in [0.15, 0.2) is 0 Å². The topological polar surface area (TPSA) is 80.2 Å². The first-order valence-electron chi connectivity index (χ1n) is 6.26. The molecule has 19 heavy (non-hydrogen) atoms. The molecule has 1 amide bonds. The summed E-state index contributed by atoms with van der Waals surface area (Å²) in [5.41, 5.74) is 1.44. The SMILES string of the molecule is O=C(NCc1ccco1)c1cn[nH]c1C1CCOC1. The maximum absolute atomic E-state index is 12.1. The second-order valence-corrected chi connectivity index (χ2v) is 4.52. The molecule has 100 valence electrons. The van der Waals surface area contributed by atoms with E-state index in [4.69, 9.17) is 9.15 Å². The summed E-state index contributed by atoms with van der Waals surface area (Å²) >= 11 is 0. The monoisotopic (exact) mass is 261 g/mol. The van der Waals surface area contributed by atoms with Crippen LogP contribution in [0.15, 0.2) is 29.0 Å². The first-order valence-corrected chi connectivity index (χ1v) is 6.26. The maximum Gasteiger partial charge on any atom is 0.255 e. The van der Waals surface area contributed by atoms with Crippen molar-refractivity contribution < 1.29 is 13.9 Å². The zero-order valence-electron chi connectivity index (χ0n) is 10.4. The van der Waals surface area contributed by atoms with E-state index in [0.717, 1.165) is 24.5 Å². The molecular weight excluding hydrogens is 246 g/mol. The first kappa shape index (κ1) is 12.0. The molecule has 3 heterocycles. The fourth-order valence-corrected chi connectivity index (χ4v) is 2.23. The average Bonchev–Trinajstić information content (AvgIpc) is 3.14. The van der Waals surface area contributed by atoms with Gasteiger partial charge in [0, 0.05) is 12.5 Å². The zero-order valence-corrected chi connectivity index (χ0v) is 10.4. The van der Waals surface area contributed by atoms with Gasteiger partial charge in [0.1, 0.15) is 5.76 Å². The number of carbonyl (C=O) groups is 1. The summed E-state index contributed by atoms with van der Waals surface area (Å²) in [5, 5.41) is 9.69. The minimum absolute atomic E-state index is 0.146. The van der Waals surface area contributed by atoms with Gasteiger partial charge in [-0.25, -0.2) is 0 Å². The van der Waals surface area contributed by atoms with Crippen LogP contribution in [0, 0.1) is 0 Å². The lowest BCUT2D eigenvalue weighted by molar-refractivity contribution is 0.0946. The van der Waals surface area contributed by atoms with Gasteiger partial charge >= 0.3 is 0 Å². The lowest BCUT2D eigenvalue weighted by Gasteiger charge is -2.08. The molecule has 2 N–H and O–H groups in total. The Balaban J connectivity index is 1.67. The lowest BCUT2D eigenvalue weighted by Crippen LogP contribution is -2.23. The number of furan rings is 1. The predicted octanol–water partition coefficient (Wildman–Crippen LogP) is 1.44. The number of hydrogen-bond donors (Lipinski definition) is 2. The highest BCUT2D eigenvalue weighted by Crippen LogP contribution is 2.25. The third kappa shape index (κ3) is 2.53. The molecule has 0 bridgehead atoms. The number of hydrogen-bond acceptors (Lipinski definition) is 4. The third-order valence-corrected chi connectivity index (χ3v) is 3.25. The Kier molecular flexibility index (Phi) is 3.33. The molecule has 1 aliphatic rings. The highest BCUT2D eigenvalue weighted by atomic mass is 16.5. The van der Waals surface area contributed by atoms with Gasteiger partial charge in [-0.05, 0) is 18.6 Å². The summed E-state index contributed by atoms with van der Waals surface area (Å²) in [6.45, 7) is 1.75. The number of aromatic nitrogens is 2. The van der Waals surface area contributed by atoms with Crippen LogP contribution < -0.4 is 5.32 Å². The van der Waals surface area contributed by atoms with E-state index in [-0.39, 0.29) is 11.8 Å². The summed E-state index contributed by atoms with van der Waals surface area (Å²) in [7, 11) is 0. The Bertz CT molecular complexity index is 541. The third-order valence-electron chi connectivity index (χ3n) is 3.25. The van der Waals surface area contributed by atoms with Crippen molar-refractivity contribution in [3.05, 3.63) is 41.6 Å². The Hall–Kier alpha value is -2.08. The van der Waals surface area contributed by atoms with Gasteiger partial charge in [0.25, 0.3) is 5.91 Å². The molecule has 0 saturated carbocycles. The van der Waals surface area contributed by atoms with Crippen LogP contribution in [0.5, 0.6) is 0 Å². The molecule has 0 aromatic carbocycles. The molecule has 1 atom stereocenters. The van der Waals surface area contributed by atoms with E-state index in [1.54, 1.807) is 18.5 Å². The van der Waals surface area contributed by atoms with Crippen molar-refractivity contribution in [1.29, 1.82) is 0 Å². The summed E-state index contributed by atoms with van der Waals surface area (Å²) in [6, 6.07) is 3.61. The van der Waals surface area contributed by atoms with Gasteiger partial charge in [-0.15, -0.1) is 0 Å². The fourth-order valence-electron chi connectivity index (χ4n) is 2.23. The van der Waals surface area contributed by atoms with E-state index in [1.165, 1.54) is 0 Å². The van der Waals surface area contributed by atoms with Crippen molar-refractivity contribution in [3.8, 4) is 0 Å². The van der Waals surface area contributed by atoms with Crippen LogP contribution in [0.3, 0.4) is 0 Å². The van der Waals surface area contributed by atoms with Gasteiger partial charge in [-0.3, -0.25) is 9.89 Å². The molecule has 2 aromatic rings. The average molecular weight is 261 g/mol. The largest absolute Gasteiger partial charge is 0.467 e. The Labute approximate surface area is 110 Å². The molecular formula is C13H15N3O3. The molecule has 1 aliphatic heterocycles. The molecule has 1 fully saturated rings. The molecule has 0 radical (unpaired) electrons. The molecule has 0 spiro atoms. The van der Waals surface area contributed by atoms with E-state index >= 15 is 0 Å². The summed E-state index contributed by atoms with van der Waals surface area (Å²) < 4.78 is 10.5. The number of carbonyl (C=O) groups excluding carboxylic acids is 1. The molecule has 6 nitrogen and oxygen atoms in total. The van der Waals surface area contributed by atoms with Gasteiger partial charge in [-0.1, -0.05) is 0 Å². The number of amides is 1. The van der Waals surface area contributed by atoms with Crippen LogP contribution >= 0.6 is 0 Å². The van der Waals surface area contributed by atoms with E-state index in [9.17, 15) is 4.79 Å². The fraction of sp³-hybridized carbons (Fsp3) is 0.385. The van der Waals surface area contributed by atoms with Crippen LogP contribution in [0.4, 0.5) is 0 Å². The van der Waals surface area contributed by atoms with Crippen molar-refractivity contribution in [2.75, 3.05) is 13.2 Å². The van der Waals surface area contributed by atoms with Gasteiger partial charge in [-0.2, -0.15) is 5.10 Å². The Morgan fingerprint density at radius 3 is 3.26 bits per heavy atom. The highest BCUT2D eigenvalue weighted by molar-refractivity contribution is 5.95. The van der Waals surface area contributed by atoms with Crippen LogP contribution in [0.25, 0.3) is 0 Å². The van der Waals surface area contributed by atoms with Gasteiger partial charge < -0.3 is 14.5 Å². The van der Waals surface area contributed by atoms with Crippen molar-refractivity contribution >= 4 is 5.91 Å². The van der Waals surface area contributed by atoms with E-state index in [2.05, 4.69) is 15.5 Å². The standard InChI is InChI=1S/C13H15N3O3/c17-13(14-6-10-2-1-4-19-10)11-7-15-16-12(11)9-3-5-18-8-9/h1-2,4,7,9H,3,5-6,8H2,(H,14,17)(H,15,16). The Morgan fingerprint density at radius 2 is 2.53 bits per heavy atom. The number of aromatic amines is 1. The molecule has 2 aromatic heterocycles. The summed E-state index contributed by atoms with van der Waals surface area (Å²) in [6.07, 6.45) is 4.06. The van der Waals surface area contributed by atoms with E-state index < -0.39 is 0 Å². The van der Waals surface area contributed by atoms with Crippen molar-refractivity contribution in [2.45, 2.75) is 18.9 Å². The number of nitrogens with zero attached hydrogens (tertiary/aromatic N) is 1. The number of ether oxygens (including phenoxy) is 1. The number of nitrogens with one attached hydrogen (secondary N) is 2.